The summed E-state index contributed by atoms with van der Waals surface area (Å²) in [6, 6.07) is 9.20. The van der Waals surface area contributed by atoms with Crippen molar-refractivity contribution in [3.63, 3.8) is 0 Å². The lowest BCUT2D eigenvalue weighted by atomic mass is 10.1. The van der Waals surface area contributed by atoms with Gasteiger partial charge in [-0.2, -0.15) is 4.98 Å². The van der Waals surface area contributed by atoms with E-state index >= 15 is 0 Å². The molecule has 1 atom stereocenters. The molecule has 0 bridgehead atoms. The van der Waals surface area contributed by atoms with Gasteiger partial charge in [-0.05, 0) is 57.1 Å². The Bertz CT molecular complexity index is 915. The number of nitrogens with zero attached hydrogens (tertiary/aromatic N) is 4. The van der Waals surface area contributed by atoms with Gasteiger partial charge in [-0.25, -0.2) is 0 Å². The second-order valence-corrected chi connectivity index (χ2v) is 6.88. The van der Waals surface area contributed by atoms with E-state index in [1.807, 2.05) is 18.2 Å². The van der Waals surface area contributed by atoms with Crippen LogP contribution in [0.1, 0.15) is 54.4 Å². The topological polar surface area (TPSA) is 97.3 Å². The monoisotopic (exact) mass is 381 g/mol. The Labute approximate surface area is 162 Å². The highest BCUT2D eigenvalue weighted by atomic mass is 16.5. The van der Waals surface area contributed by atoms with Gasteiger partial charge in [0.1, 0.15) is 11.5 Å². The van der Waals surface area contributed by atoms with Gasteiger partial charge in [0.05, 0.1) is 12.6 Å². The van der Waals surface area contributed by atoms with E-state index in [2.05, 4.69) is 32.3 Å². The molecule has 1 amide bonds. The highest BCUT2D eigenvalue weighted by Gasteiger charge is 2.22. The summed E-state index contributed by atoms with van der Waals surface area (Å²) in [5.41, 5.74) is 0.617. The average molecular weight is 381 g/mol. The maximum Gasteiger partial charge on any atom is 0.287 e. The lowest BCUT2D eigenvalue weighted by Gasteiger charge is -2.31. The Hall–Kier alpha value is -3.00. The summed E-state index contributed by atoms with van der Waals surface area (Å²) >= 11 is 0. The number of amides is 1. The SMILES string of the molecule is CC(c1ccc(C(=O)NCc2nc(-c3ccccn3)no2)o1)N1CCCCC1. The second kappa shape index (κ2) is 8.35. The van der Waals surface area contributed by atoms with Crippen molar-refractivity contribution in [2.75, 3.05) is 13.1 Å². The van der Waals surface area contributed by atoms with Crippen molar-refractivity contribution < 1.29 is 13.7 Å². The van der Waals surface area contributed by atoms with E-state index in [1.165, 1.54) is 19.3 Å². The summed E-state index contributed by atoms with van der Waals surface area (Å²) in [5.74, 6) is 1.48. The van der Waals surface area contributed by atoms with Gasteiger partial charge in [-0.3, -0.25) is 14.7 Å². The summed E-state index contributed by atoms with van der Waals surface area (Å²) in [5, 5.41) is 6.64. The van der Waals surface area contributed by atoms with Crippen LogP contribution < -0.4 is 5.32 Å². The molecule has 0 radical (unpaired) electrons. The zero-order valence-electron chi connectivity index (χ0n) is 15.8. The standard InChI is InChI=1S/C20H23N5O3/c1-14(25-11-5-2-6-12-25)16-8-9-17(27-16)20(26)22-13-18-23-19(24-28-18)15-7-3-4-10-21-15/h3-4,7-10,14H,2,5-6,11-13H2,1H3,(H,22,26). The fourth-order valence-corrected chi connectivity index (χ4v) is 3.35. The van der Waals surface area contributed by atoms with Gasteiger partial charge in [0.25, 0.3) is 5.91 Å². The number of likely N-dealkylation sites (tertiary alicyclic amines) is 1. The van der Waals surface area contributed by atoms with Crippen molar-refractivity contribution >= 4 is 5.91 Å². The predicted octanol–water partition coefficient (Wildman–Crippen LogP) is 3.20. The molecule has 1 unspecified atom stereocenters. The molecule has 3 aromatic rings. The molecule has 28 heavy (non-hydrogen) atoms. The van der Waals surface area contributed by atoms with Crippen LogP contribution in [0.3, 0.4) is 0 Å². The number of nitrogens with one attached hydrogen (secondary N) is 1. The molecule has 8 heteroatoms. The predicted molar refractivity (Wildman–Crippen MR) is 101 cm³/mol. The van der Waals surface area contributed by atoms with E-state index in [0.29, 0.717) is 17.4 Å². The van der Waals surface area contributed by atoms with E-state index in [9.17, 15) is 4.79 Å². The Morgan fingerprint density at radius 1 is 1.21 bits per heavy atom. The first-order valence-electron chi connectivity index (χ1n) is 9.56. The zero-order valence-corrected chi connectivity index (χ0v) is 15.8. The molecule has 1 aliphatic rings. The van der Waals surface area contributed by atoms with Crippen molar-refractivity contribution in [3.8, 4) is 11.5 Å². The summed E-state index contributed by atoms with van der Waals surface area (Å²) in [6.07, 6.45) is 5.37. The smallest absolute Gasteiger partial charge is 0.287 e. The summed E-state index contributed by atoms with van der Waals surface area (Å²) in [4.78, 5) is 23.2. The normalized spacial score (nSPS) is 16.0. The highest BCUT2D eigenvalue weighted by Crippen LogP contribution is 2.25. The van der Waals surface area contributed by atoms with Crippen LogP contribution >= 0.6 is 0 Å². The maximum atomic E-state index is 12.4. The maximum absolute atomic E-state index is 12.4. The number of rotatable bonds is 6. The van der Waals surface area contributed by atoms with E-state index in [1.54, 1.807) is 18.3 Å². The van der Waals surface area contributed by atoms with Crippen LogP contribution in [-0.2, 0) is 6.54 Å². The third-order valence-corrected chi connectivity index (χ3v) is 4.96. The first kappa shape index (κ1) is 18.4. The molecule has 0 aliphatic carbocycles. The third-order valence-electron chi connectivity index (χ3n) is 4.96. The minimum absolute atomic E-state index is 0.121. The number of aromatic nitrogens is 3. The van der Waals surface area contributed by atoms with Gasteiger partial charge in [-0.15, -0.1) is 0 Å². The number of pyridine rings is 1. The summed E-state index contributed by atoms with van der Waals surface area (Å²) in [6.45, 7) is 4.37. The number of hydrogen-bond donors (Lipinski definition) is 1. The Kier molecular flexibility index (Phi) is 5.48. The van der Waals surface area contributed by atoms with Crippen LogP contribution in [0.2, 0.25) is 0 Å². The minimum atomic E-state index is -0.310. The molecule has 0 aromatic carbocycles. The highest BCUT2D eigenvalue weighted by molar-refractivity contribution is 5.91. The van der Waals surface area contributed by atoms with Crippen molar-refractivity contribution in [1.82, 2.24) is 25.3 Å². The number of carbonyl (C=O) groups is 1. The quantitative estimate of drug-likeness (QED) is 0.700. The second-order valence-electron chi connectivity index (χ2n) is 6.88. The van der Waals surface area contributed by atoms with Crippen LogP contribution in [0.5, 0.6) is 0 Å². The van der Waals surface area contributed by atoms with Gasteiger partial charge >= 0.3 is 0 Å². The molecule has 146 valence electrons. The fraction of sp³-hybridized carbons (Fsp3) is 0.400. The molecule has 1 aliphatic heterocycles. The number of hydrogen-bond acceptors (Lipinski definition) is 7. The molecule has 8 nitrogen and oxygen atoms in total. The number of piperidine rings is 1. The first-order valence-corrected chi connectivity index (χ1v) is 9.56. The van der Waals surface area contributed by atoms with E-state index in [4.69, 9.17) is 8.94 Å². The Morgan fingerprint density at radius 3 is 2.86 bits per heavy atom. The molecule has 3 aromatic heterocycles. The van der Waals surface area contributed by atoms with Gasteiger partial charge in [0, 0.05) is 6.20 Å². The van der Waals surface area contributed by atoms with Crippen molar-refractivity contribution in [1.29, 1.82) is 0 Å². The van der Waals surface area contributed by atoms with Crippen LogP contribution in [0.4, 0.5) is 0 Å². The van der Waals surface area contributed by atoms with E-state index in [-0.39, 0.29) is 24.3 Å². The number of carbonyl (C=O) groups excluding carboxylic acids is 1. The lowest BCUT2D eigenvalue weighted by molar-refractivity contribution is 0.0909. The van der Waals surface area contributed by atoms with Crippen molar-refractivity contribution in [3.05, 3.63) is 53.9 Å². The molecular weight excluding hydrogens is 358 g/mol. The summed E-state index contributed by atoms with van der Waals surface area (Å²) < 4.78 is 11.0. The van der Waals surface area contributed by atoms with Gasteiger partial charge in [0.2, 0.25) is 11.7 Å². The molecule has 4 rings (SSSR count). The Balaban J connectivity index is 1.34. The molecule has 4 heterocycles. The minimum Gasteiger partial charge on any atom is -0.454 e. The van der Waals surface area contributed by atoms with Gasteiger partial charge in [-0.1, -0.05) is 17.6 Å². The van der Waals surface area contributed by atoms with Gasteiger partial charge < -0.3 is 14.3 Å². The zero-order chi connectivity index (χ0) is 19.3. The molecule has 0 saturated carbocycles. The molecular formula is C20H23N5O3. The Morgan fingerprint density at radius 2 is 2.07 bits per heavy atom. The van der Waals surface area contributed by atoms with E-state index in [0.717, 1.165) is 18.8 Å². The first-order chi connectivity index (χ1) is 13.7. The molecule has 0 spiro atoms. The van der Waals surface area contributed by atoms with Crippen LogP contribution in [0, 0.1) is 0 Å². The van der Waals surface area contributed by atoms with Crippen molar-refractivity contribution in [2.24, 2.45) is 0 Å². The largest absolute Gasteiger partial charge is 0.454 e. The van der Waals surface area contributed by atoms with Crippen LogP contribution in [0.15, 0.2) is 45.5 Å². The fourth-order valence-electron chi connectivity index (χ4n) is 3.35. The van der Waals surface area contributed by atoms with Gasteiger partial charge in [0.15, 0.2) is 5.76 Å². The van der Waals surface area contributed by atoms with Crippen LogP contribution in [0.25, 0.3) is 11.5 Å². The van der Waals surface area contributed by atoms with Crippen molar-refractivity contribution in [2.45, 2.75) is 38.8 Å². The number of furan rings is 1. The molecule has 1 saturated heterocycles. The average Bonchev–Trinajstić information content (AvgIpc) is 3.43. The van der Waals surface area contributed by atoms with E-state index < -0.39 is 0 Å². The third kappa shape index (κ3) is 4.12. The lowest BCUT2D eigenvalue weighted by Crippen LogP contribution is -2.32. The molecule has 1 fully saturated rings. The van der Waals surface area contributed by atoms with Crippen LogP contribution in [-0.4, -0.2) is 39.0 Å². The summed E-state index contributed by atoms with van der Waals surface area (Å²) in [7, 11) is 0. The molecule has 1 N–H and O–H groups in total.